The summed E-state index contributed by atoms with van der Waals surface area (Å²) in [4.78, 5) is 33.1. The number of methoxy groups -OCH3 is 1. The van der Waals surface area contributed by atoms with E-state index in [0.717, 1.165) is 13.2 Å². The Hall–Kier alpha value is -1.56. The molecule has 0 aromatic carbocycles. The van der Waals surface area contributed by atoms with Gasteiger partial charge >= 0.3 is 5.97 Å². The molecule has 0 saturated carbocycles. The lowest BCUT2D eigenvalue weighted by Crippen LogP contribution is -2.18. The van der Waals surface area contributed by atoms with Crippen LogP contribution in [0.1, 0.15) is 29.9 Å². The average Bonchev–Trinajstić information content (AvgIpc) is 2.77. The normalized spacial score (nSPS) is 8.94. The van der Waals surface area contributed by atoms with E-state index in [1.165, 1.54) is 6.07 Å². The number of carbonyl (C=O) groups is 3. The molecule has 0 N–H and O–H groups in total. The first kappa shape index (κ1) is 15.4. The lowest BCUT2D eigenvalue weighted by Gasteiger charge is -1.96. The summed E-state index contributed by atoms with van der Waals surface area (Å²) in [6.45, 7) is 4.00. The van der Waals surface area contributed by atoms with Gasteiger partial charge in [-0.15, -0.1) is 11.3 Å². The fourth-order valence-electron chi connectivity index (χ4n) is 0.883. The largest absolute Gasteiger partial charge is 0.463 e. The Morgan fingerprint density at radius 1 is 1.29 bits per heavy atom. The minimum atomic E-state index is -1.07. The van der Waals surface area contributed by atoms with Crippen LogP contribution in [0.25, 0.3) is 0 Å². The fraction of sp³-hybridized carbons (Fsp3) is 0.364. The third kappa shape index (κ3) is 4.86. The van der Waals surface area contributed by atoms with Gasteiger partial charge in [0.15, 0.2) is 10.9 Å². The van der Waals surface area contributed by atoms with Crippen molar-refractivity contribution in [2.24, 2.45) is 0 Å². The maximum atomic E-state index is 12.5. The molecule has 17 heavy (non-hydrogen) atoms. The van der Waals surface area contributed by atoms with Crippen LogP contribution in [0.2, 0.25) is 0 Å². The highest BCUT2D eigenvalue weighted by molar-refractivity contribution is 7.12. The van der Waals surface area contributed by atoms with E-state index in [1.807, 2.05) is 13.8 Å². The topological polar surface area (TPSA) is 60.4 Å². The third-order valence-corrected chi connectivity index (χ3v) is 2.50. The molecular formula is C11H13FO4S. The van der Waals surface area contributed by atoms with Gasteiger partial charge < -0.3 is 4.74 Å². The minimum absolute atomic E-state index is 0.116. The number of hydrogen-bond acceptors (Lipinski definition) is 5. The lowest BCUT2D eigenvalue weighted by atomic mass is 10.2. The first-order chi connectivity index (χ1) is 8.04. The molecule has 0 aliphatic heterocycles. The molecule has 6 heteroatoms. The Balaban J connectivity index is 0.00000121. The van der Waals surface area contributed by atoms with Gasteiger partial charge in [-0.1, -0.05) is 13.8 Å². The maximum Gasteiger partial charge on any atom is 0.374 e. The molecule has 0 amide bonds. The zero-order chi connectivity index (χ0) is 13.4. The third-order valence-electron chi connectivity index (χ3n) is 1.58. The van der Waals surface area contributed by atoms with E-state index in [-0.39, 0.29) is 4.88 Å². The Morgan fingerprint density at radius 3 is 2.29 bits per heavy atom. The van der Waals surface area contributed by atoms with Gasteiger partial charge in [0.05, 0.1) is 18.4 Å². The molecular weight excluding hydrogens is 247 g/mol. The molecule has 1 aromatic heterocycles. The maximum absolute atomic E-state index is 12.5. The van der Waals surface area contributed by atoms with Crippen molar-refractivity contribution in [3.8, 4) is 0 Å². The van der Waals surface area contributed by atoms with Crippen LogP contribution in [0.3, 0.4) is 0 Å². The summed E-state index contributed by atoms with van der Waals surface area (Å²) in [5, 5.41) is -0.510. The number of ketones is 2. The van der Waals surface area contributed by atoms with Crippen molar-refractivity contribution in [2.45, 2.75) is 20.3 Å². The quantitative estimate of drug-likeness (QED) is 0.360. The highest BCUT2D eigenvalue weighted by Gasteiger charge is 2.20. The number of halogens is 1. The number of thiophene rings is 1. The molecule has 0 unspecified atom stereocenters. The predicted molar refractivity (Wildman–Crippen MR) is 61.6 cm³/mol. The number of hydrogen-bond donors (Lipinski definition) is 0. The molecule has 0 aliphatic carbocycles. The number of carbonyl (C=O) groups excluding carboxylic acids is 3. The van der Waals surface area contributed by atoms with Gasteiger partial charge in [-0.05, 0) is 12.1 Å². The molecule has 0 fully saturated rings. The van der Waals surface area contributed by atoms with Crippen molar-refractivity contribution in [1.29, 1.82) is 0 Å². The summed E-state index contributed by atoms with van der Waals surface area (Å²) in [6, 6.07) is 2.40. The monoisotopic (exact) mass is 260 g/mol. The van der Waals surface area contributed by atoms with E-state index in [2.05, 4.69) is 4.74 Å². The van der Waals surface area contributed by atoms with Gasteiger partial charge in [-0.3, -0.25) is 9.59 Å². The summed E-state index contributed by atoms with van der Waals surface area (Å²) < 4.78 is 16.7. The smallest absolute Gasteiger partial charge is 0.374 e. The van der Waals surface area contributed by atoms with Crippen molar-refractivity contribution in [3.05, 3.63) is 22.1 Å². The summed E-state index contributed by atoms with van der Waals surface area (Å²) in [5.41, 5.74) is 0. The predicted octanol–water partition coefficient (Wildman–Crippen LogP) is 2.23. The van der Waals surface area contributed by atoms with Crippen molar-refractivity contribution in [3.63, 3.8) is 0 Å². The molecule has 0 atom stereocenters. The molecule has 0 bridgehead atoms. The van der Waals surface area contributed by atoms with Gasteiger partial charge in [-0.25, -0.2) is 4.79 Å². The Morgan fingerprint density at radius 2 is 1.88 bits per heavy atom. The summed E-state index contributed by atoms with van der Waals surface area (Å²) >= 11 is 0.637. The van der Waals surface area contributed by atoms with Crippen LogP contribution in [-0.2, 0) is 14.3 Å². The number of rotatable bonds is 4. The van der Waals surface area contributed by atoms with Gasteiger partial charge in [0.25, 0.3) is 0 Å². The Labute approximate surface area is 102 Å². The van der Waals surface area contributed by atoms with E-state index < -0.39 is 29.1 Å². The minimum Gasteiger partial charge on any atom is -0.463 e. The van der Waals surface area contributed by atoms with Gasteiger partial charge in [-0.2, -0.15) is 4.39 Å². The first-order valence-corrected chi connectivity index (χ1v) is 5.76. The molecule has 4 nitrogen and oxygen atoms in total. The second-order valence-electron chi connectivity index (χ2n) is 2.62. The van der Waals surface area contributed by atoms with Crippen molar-refractivity contribution >= 4 is 28.9 Å². The van der Waals surface area contributed by atoms with Crippen LogP contribution in [0.15, 0.2) is 12.1 Å². The molecule has 0 radical (unpaired) electrons. The van der Waals surface area contributed by atoms with Crippen LogP contribution in [0.4, 0.5) is 4.39 Å². The second-order valence-corrected chi connectivity index (χ2v) is 3.65. The van der Waals surface area contributed by atoms with Crippen LogP contribution in [-0.4, -0.2) is 24.6 Å². The van der Waals surface area contributed by atoms with Crippen LogP contribution in [0, 0.1) is 5.13 Å². The van der Waals surface area contributed by atoms with E-state index in [4.69, 9.17) is 0 Å². The molecule has 1 rings (SSSR count). The van der Waals surface area contributed by atoms with Crippen molar-refractivity contribution in [1.82, 2.24) is 0 Å². The molecule has 1 heterocycles. The zero-order valence-electron chi connectivity index (χ0n) is 9.78. The van der Waals surface area contributed by atoms with E-state index >= 15 is 0 Å². The van der Waals surface area contributed by atoms with Gasteiger partial charge in [0, 0.05) is 0 Å². The highest BCUT2D eigenvalue weighted by atomic mass is 32.1. The molecule has 0 aliphatic rings. The van der Waals surface area contributed by atoms with Crippen molar-refractivity contribution in [2.75, 3.05) is 7.11 Å². The number of ether oxygens (including phenoxy) is 1. The first-order valence-electron chi connectivity index (χ1n) is 4.94. The van der Waals surface area contributed by atoms with Crippen LogP contribution in [0.5, 0.6) is 0 Å². The standard InChI is InChI=1S/C9H7FO4S.C2H6/c1-14-9(13)6(12)4-5(11)7-2-3-8(10)15-7;1-2/h2-3H,4H2,1H3;1-2H3. The SMILES string of the molecule is CC.COC(=O)C(=O)CC(=O)c1ccc(F)s1. The van der Waals surface area contributed by atoms with Crippen LogP contribution >= 0.6 is 11.3 Å². The van der Waals surface area contributed by atoms with E-state index in [1.54, 1.807) is 0 Å². The number of esters is 1. The summed E-state index contributed by atoms with van der Waals surface area (Å²) in [6.07, 6.45) is -0.591. The second kappa shape index (κ2) is 7.67. The molecule has 94 valence electrons. The molecule has 0 spiro atoms. The van der Waals surface area contributed by atoms with Gasteiger partial charge in [0.1, 0.15) is 0 Å². The van der Waals surface area contributed by atoms with Gasteiger partial charge in [0.2, 0.25) is 5.78 Å². The average molecular weight is 260 g/mol. The highest BCUT2D eigenvalue weighted by Crippen LogP contribution is 2.16. The van der Waals surface area contributed by atoms with Crippen molar-refractivity contribution < 1.29 is 23.5 Å². The fourth-order valence-corrected chi connectivity index (χ4v) is 1.55. The van der Waals surface area contributed by atoms with E-state index in [9.17, 15) is 18.8 Å². The molecule has 0 saturated heterocycles. The lowest BCUT2D eigenvalue weighted by molar-refractivity contribution is -0.151. The summed E-state index contributed by atoms with van der Waals surface area (Å²) in [5.74, 6) is -2.59. The summed E-state index contributed by atoms with van der Waals surface area (Å²) in [7, 11) is 1.05. The van der Waals surface area contributed by atoms with E-state index in [0.29, 0.717) is 11.3 Å². The Bertz CT molecular complexity index is 411. The zero-order valence-corrected chi connectivity index (χ0v) is 10.6. The molecule has 1 aromatic rings. The number of Topliss-reactive ketones (excluding diaryl/α,β-unsaturated/α-hetero) is 2. The Kier molecular flexibility index (Phi) is 6.97. The van der Waals surface area contributed by atoms with Crippen LogP contribution < -0.4 is 0 Å².